The third kappa shape index (κ3) is 3.00. The zero-order chi connectivity index (χ0) is 14.5. The number of allylic oxidation sites excluding steroid dienone is 2. The average molecular weight is 278 g/mol. The van der Waals surface area contributed by atoms with Gasteiger partial charge in [0.1, 0.15) is 11.5 Å². The van der Waals surface area contributed by atoms with Crippen LogP contribution in [0.4, 0.5) is 0 Å². The standard InChI is InChI=1S/C19H18O2/c1-20-17-12-10-15(11-13-17)18-9-5-6-14-21-19(18)16-7-3-2-4-8-16/h2-5,7-13H,6,14H2,1H3. The van der Waals surface area contributed by atoms with E-state index in [1.807, 2.05) is 30.3 Å². The van der Waals surface area contributed by atoms with Gasteiger partial charge in [-0.25, -0.2) is 0 Å². The summed E-state index contributed by atoms with van der Waals surface area (Å²) in [4.78, 5) is 0. The predicted octanol–water partition coefficient (Wildman–Crippen LogP) is 4.54. The normalized spacial score (nSPS) is 14.5. The van der Waals surface area contributed by atoms with Gasteiger partial charge in [0.2, 0.25) is 0 Å². The smallest absolute Gasteiger partial charge is 0.134 e. The van der Waals surface area contributed by atoms with Crippen LogP contribution in [0.1, 0.15) is 17.5 Å². The molecule has 0 saturated carbocycles. The first-order chi connectivity index (χ1) is 10.4. The van der Waals surface area contributed by atoms with Gasteiger partial charge in [0.15, 0.2) is 0 Å². The van der Waals surface area contributed by atoms with Crippen LogP contribution in [0, 0.1) is 0 Å². The molecular weight excluding hydrogens is 260 g/mol. The zero-order valence-corrected chi connectivity index (χ0v) is 12.1. The van der Waals surface area contributed by atoms with Crippen molar-refractivity contribution in [3.8, 4) is 5.75 Å². The van der Waals surface area contributed by atoms with Crippen molar-refractivity contribution in [2.45, 2.75) is 6.42 Å². The molecule has 0 radical (unpaired) electrons. The highest BCUT2D eigenvalue weighted by Gasteiger charge is 2.13. The lowest BCUT2D eigenvalue weighted by Gasteiger charge is -2.13. The first-order valence-corrected chi connectivity index (χ1v) is 7.12. The van der Waals surface area contributed by atoms with Crippen molar-refractivity contribution in [3.63, 3.8) is 0 Å². The third-order valence-electron chi connectivity index (χ3n) is 3.50. The molecule has 2 heteroatoms. The summed E-state index contributed by atoms with van der Waals surface area (Å²) in [6.45, 7) is 0.709. The van der Waals surface area contributed by atoms with Gasteiger partial charge in [0.25, 0.3) is 0 Å². The van der Waals surface area contributed by atoms with Crippen LogP contribution in [0.2, 0.25) is 0 Å². The molecule has 1 heterocycles. The first kappa shape index (κ1) is 13.5. The average Bonchev–Trinajstić information content (AvgIpc) is 2.81. The fourth-order valence-corrected chi connectivity index (χ4v) is 2.41. The van der Waals surface area contributed by atoms with Crippen LogP contribution in [0.25, 0.3) is 11.3 Å². The van der Waals surface area contributed by atoms with Crippen molar-refractivity contribution in [1.82, 2.24) is 0 Å². The molecule has 0 aromatic heterocycles. The molecule has 0 aliphatic carbocycles. The number of benzene rings is 2. The number of ether oxygens (including phenoxy) is 2. The van der Waals surface area contributed by atoms with Gasteiger partial charge in [-0.2, -0.15) is 0 Å². The van der Waals surface area contributed by atoms with Crippen LogP contribution < -0.4 is 4.74 Å². The van der Waals surface area contributed by atoms with Crippen molar-refractivity contribution in [2.24, 2.45) is 0 Å². The highest BCUT2D eigenvalue weighted by atomic mass is 16.5. The van der Waals surface area contributed by atoms with Gasteiger partial charge in [-0.15, -0.1) is 0 Å². The SMILES string of the molecule is COc1ccc(C2=C(c3ccccc3)OCCC=C2)cc1. The van der Waals surface area contributed by atoms with E-state index >= 15 is 0 Å². The summed E-state index contributed by atoms with van der Waals surface area (Å²) in [6.07, 6.45) is 5.24. The fourth-order valence-electron chi connectivity index (χ4n) is 2.41. The summed E-state index contributed by atoms with van der Waals surface area (Å²) < 4.78 is 11.2. The Kier molecular flexibility index (Phi) is 4.06. The number of hydrogen-bond acceptors (Lipinski definition) is 2. The van der Waals surface area contributed by atoms with Crippen LogP contribution in [0.5, 0.6) is 5.75 Å². The van der Waals surface area contributed by atoms with E-state index in [-0.39, 0.29) is 0 Å². The Balaban J connectivity index is 2.09. The number of rotatable bonds is 3. The van der Waals surface area contributed by atoms with E-state index in [2.05, 4.69) is 36.4 Å². The second-order valence-corrected chi connectivity index (χ2v) is 4.88. The summed E-state index contributed by atoms with van der Waals surface area (Å²) in [5, 5.41) is 0. The maximum absolute atomic E-state index is 6.00. The van der Waals surface area contributed by atoms with E-state index in [0.29, 0.717) is 6.61 Å². The second-order valence-electron chi connectivity index (χ2n) is 4.88. The van der Waals surface area contributed by atoms with Crippen LogP contribution >= 0.6 is 0 Å². The van der Waals surface area contributed by atoms with E-state index < -0.39 is 0 Å². The predicted molar refractivity (Wildman–Crippen MR) is 86.0 cm³/mol. The van der Waals surface area contributed by atoms with Gasteiger partial charge in [-0.3, -0.25) is 0 Å². The van der Waals surface area contributed by atoms with E-state index in [4.69, 9.17) is 9.47 Å². The lowest BCUT2D eigenvalue weighted by molar-refractivity contribution is 0.287. The summed E-state index contributed by atoms with van der Waals surface area (Å²) in [7, 11) is 1.68. The molecule has 3 rings (SSSR count). The van der Waals surface area contributed by atoms with Crippen molar-refractivity contribution >= 4 is 11.3 Å². The van der Waals surface area contributed by atoms with E-state index in [9.17, 15) is 0 Å². The monoisotopic (exact) mass is 278 g/mol. The maximum Gasteiger partial charge on any atom is 0.134 e. The molecule has 0 amide bonds. The molecule has 0 unspecified atom stereocenters. The van der Waals surface area contributed by atoms with Crippen LogP contribution in [0.3, 0.4) is 0 Å². The summed E-state index contributed by atoms with van der Waals surface area (Å²) in [5.74, 6) is 1.80. The topological polar surface area (TPSA) is 18.5 Å². The van der Waals surface area contributed by atoms with E-state index in [0.717, 1.165) is 34.6 Å². The first-order valence-electron chi connectivity index (χ1n) is 7.12. The molecule has 106 valence electrons. The van der Waals surface area contributed by atoms with Gasteiger partial charge in [-0.05, 0) is 24.1 Å². The van der Waals surface area contributed by atoms with Gasteiger partial charge in [0, 0.05) is 11.1 Å². The van der Waals surface area contributed by atoms with Gasteiger partial charge >= 0.3 is 0 Å². The van der Waals surface area contributed by atoms with Crippen LogP contribution in [-0.2, 0) is 4.74 Å². The van der Waals surface area contributed by atoms with Crippen molar-refractivity contribution < 1.29 is 9.47 Å². The Morgan fingerprint density at radius 3 is 2.38 bits per heavy atom. The molecule has 0 spiro atoms. The lowest BCUT2D eigenvalue weighted by atomic mass is 10.0. The Labute approximate surface area is 125 Å². The maximum atomic E-state index is 6.00. The molecule has 0 bridgehead atoms. The molecular formula is C19H18O2. The summed E-state index contributed by atoms with van der Waals surface area (Å²) >= 11 is 0. The third-order valence-corrected chi connectivity index (χ3v) is 3.50. The molecule has 0 N–H and O–H groups in total. The summed E-state index contributed by atoms with van der Waals surface area (Å²) in [5.41, 5.74) is 3.35. The minimum atomic E-state index is 0.709. The quantitative estimate of drug-likeness (QED) is 0.820. The minimum absolute atomic E-state index is 0.709. The van der Waals surface area contributed by atoms with Gasteiger partial charge in [-0.1, -0.05) is 54.6 Å². The summed E-state index contributed by atoms with van der Waals surface area (Å²) in [6, 6.07) is 18.3. The molecule has 2 nitrogen and oxygen atoms in total. The Morgan fingerprint density at radius 2 is 1.67 bits per heavy atom. The van der Waals surface area contributed by atoms with Crippen molar-refractivity contribution in [1.29, 1.82) is 0 Å². The van der Waals surface area contributed by atoms with Gasteiger partial charge < -0.3 is 9.47 Å². The van der Waals surface area contributed by atoms with E-state index in [1.54, 1.807) is 7.11 Å². The highest BCUT2D eigenvalue weighted by molar-refractivity contribution is 5.93. The number of hydrogen-bond donors (Lipinski definition) is 0. The molecule has 0 atom stereocenters. The van der Waals surface area contributed by atoms with Crippen molar-refractivity contribution in [3.05, 3.63) is 77.9 Å². The largest absolute Gasteiger partial charge is 0.497 e. The van der Waals surface area contributed by atoms with Gasteiger partial charge in [0.05, 0.1) is 13.7 Å². The molecule has 1 aliphatic heterocycles. The lowest BCUT2D eigenvalue weighted by Crippen LogP contribution is -1.95. The molecule has 2 aromatic rings. The molecule has 0 saturated heterocycles. The van der Waals surface area contributed by atoms with Crippen LogP contribution in [-0.4, -0.2) is 13.7 Å². The highest BCUT2D eigenvalue weighted by Crippen LogP contribution is 2.31. The molecule has 21 heavy (non-hydrogen) atoms. The Morgan fingerprint density at radius 1 is 0.905 bits per heavy atom. The van der Waals surface area contributed by atoms with Crippen molar-refractivity contribution in [2.75, 3.05) is 13.7 Å². The molecule has 1 aliphatic rings. The van der Waals surface area contributed by atoms with E-state index in [1.165, 1.54) is 0 Å². The Bertz CT molecular complexity index is 652. The number of methoxy groups -OCH3 is 1. The fraction of sp³-hybridized carbons (Fsp3) is 0.158. The Hall–Kier alpha value is -2.48. The van der Waals surface area contributed by atoms with Crippen LogP contribution in [0.15, 0.2) is 66.7 Å². The minimum Gasteiger partial charge on any atom is -0.497 e. The molecule has 2 aromatic carbocycles. The zero-order valence-electron chi connectivity index (χ0n) is 12.1. The molecule has 0 fully saturated rings. The second kappa shape index (κ2) is 6.31.